The minimum absolute atomic E-state index is 0.157. The largest absolute Gasteiger partial charge is 0.381 e. The zero-order valence-electron chi connectivity index (χ0n) is 28.6. The maximum Gasteiger partial charge on any atom is 0.258 e. The van der Waals surface area contributed by atoms with Crippen molar-refractivity contribution < 1.29 is 9.59 Å². The van der Waals surface area contributed by atoms with E-state index in [1.54, 1.807) is 38.6 Å². The Morgan fingerprint density at radius 1 is 0.660 bits per heavy atom. The van der Waals surface area contributed by atoms with E-state index in [0.717, 1.165) is 27.5 Å². The summed E-state index contributed by atoms with van der Waals surface area (Å²) in [4.78, 5) is 53.2. The normalized spacial score (nSPS) is 10.1. The highest BCUT2D eigenvalue weighted by Crippen LogP contribution is 2.17. The number of nitrogens with zero attached hydrogens (tertiary/aromatic N) is 4. The van der Waals surface area contributed by atoms with Gasteiger partial charge in [0.15, 0.2) is 0 Å². The smallest absolute Gasteiger partial charge is 0.258 e. The average Bonchev–Trinajstić information content (AvgIpc) is 3.14. The van der Waals surface area contributed by atoms with Gasteiger partial charge in [0.05, 0.1) is 11.1 Å². The molecule has 0 aliphatic heterocycles. The Labute approximate surface area is 320 Å². The molecule has 6 rings (SSSR count). The van der Waals surface area contributed by atoms with Crippen LogP contribution in [0.4, 0.5) is 17.2 Å². The molecule has 4 aromatic heterocycles. The van der Waals surface area contributed by atoms with Crippen molar-refractivity contribution >= 4 is 63.8 Å². The van der Waals surface area contributed by atoms with Crippen molar-refractivity contribution in [3.8, 4) is 0 Å². The predicted octanol–water partition coefficient (Wildman–Crippen LogP) is 6.78. The van der Waals surface area contributed by atoms with Crippen LogP contribution in [0.25, 0.3) is 0 Å². The highest BCUT2D eigenvalue weighted by atomic mass is 35.5. The molecule has 12 nitrogen and oxygen atoms in total. The number of benzene rings is 2. The molecule has 15 heteroatoms. The molecule has 2 amide bonds. The third-order valence-corrected chi connectivity index (χ3v) is 7.91. The van der Waals surface area contributed by atoms with Gasteiger partial charge in [0, 0.05) is 85.5 Å². The molecule has 0 atom stereocenters. The molecule has 0 aliphatic carbocycles. The van der Waals surface area contributed by atoms with E-state index < -0.39 is 5.91 Å². The van der Waals surface area contributed by atoms with Crippen molar-refractivity contribution in [2.24, 2.45) is 19.8 Å². The molecule has 0 fully saturated rings. The van der Waals surface area contributed by atoms with E-state index in [1.165, 1.54) is 45.8 Å². The summed E-state index contributed by atoms with van der Waals surface area (Å²) >= 11 is 17.5. The maximum absolute atomic E-state index is 12.2. The van der Waals surface area contributed by atoms with Gasteiger partial charge in [0.25, 0.3) is 5.91 Å². The van der Waals surface area contributed by atoms with Crippen LogP contribution < -0.4 is 32.8 Å². The monoisotopic (exact) mass is 772 g/mol. The molecule has 0 saturated heterocycles. The van der Waals surface area contributed by atoms with Crippen LogP contribution in [0.1, 0.15) is 31.8 Å². The third kappa shape index (κ3) is 13.3. The average molecular weight is 774 g/mol. The van der Waals surface area contributed by atoms with Crippen LogP contribution in [0.5, 0.6) is 0 Å². The van der Waals surface area contributed by atoms with E-state index >= 15 is 0 Å². The van der Waals surface area contributed by atoms with Crippen molar-refractivity contribution in [1.29, 1.82) is 0 Å². The lowest BCUT2D eigenvalue weighted by molar-refractivity contribution is 0.0996. The van der Waals surface area contributed by atoms with Crippen molar-refractivity contribution in [3.63, 3.8) is 0 Å². The summed E-state index contributed by atoms with van der Waals surface area (Å²) in [5.41, 5.74) is 9.33. The molecule has 272 valence electrons. The second-order valence-electron chi connectivity index (χ2n) is 11.3. The number of hydrogen-bond donors (Lipinski definition) is 4. The van der Waals surface area contributed by atoms with Crippen molar-refractivity contribution in [1.82, 2.24) is 19.1 Å². The van der Waals surface area contributed by atoms with Gasteiger partial charge in [-0.3, -0.25) is 19.2 Å². The lowest BCUT2D eigenvalue weighted by atomic mass is 10.2. The number of halogens is 3. The van der Waals surface area contributed by atoms with Crippen LogP contribution >= 0.6 is 34.8 Å². The van der Waals surface area contributed by atoms with Gasteiger partial charge in [0.1, 0.15) is 11.0 Å². The molecule has 0 bridgehead atoms. The van der Waals surface area contributed by atoms with Gasteiger partial charge >= 0.3 is 0 Å². The highest BCUT2D eigenvalue weighted by molar-refractivity contribution is 6.31. The van der Waals surface area contributed by atoms with Crippen LogP contribution in [0.15, 0.2) is 131 Å². The summed E-state index contributed by atoms with van der Waals surface area (Å²) < 4.78 is 2.66. The van der Waals surface area contributed by atoms with Crippen LogP contribution in [0.3, 0.4) is 0 Å². The molecular formula is C38H35Cl3N8O4. The van der Waals surface area contributed by atoms with E-state index in [0.29, 0.717) is 40.2 Å². The lowest BCUT2D eigenvalue weighted by Gasteiger charge is -2.08. The molecule has 0 saturated carbocycles. The fraction of sp³-hybridized carbons (Fsp3) is 0.105. The van der Waals surface area contributed by atoms with Crippen LogP contribution in [-0.4, -0.2) is 30.9 Å². The lowest BCUT2D eigenvalue weighted by Crippen LogP contribution is -2.19. The number of aromatic nitrogens is 4. The van der Waals surface area contributed by atoms with Crippen LogP contribution in [-0.2, 0) is 27.2 Å². The van der Waals surface area contributed by atoms with Gasteiger partial charge in [0.2, 0.25) is 17.0 Å². The van der Waals surface area contributed by atoms with E-state index in [-0.39, 0.29) is 17.0 Å². The molecule has 0 spiro atoms. The first kappa shape index (κ1) is 39.8. The summed E-state index contributed by atoms with van der Waals surface area (Å²) in [6, 6.07) is 27.9. The first-order valence-corrected chi connectivity index (χ1v) is 17.0. The Balaban J connectivity index is 0.000000197. The molecule has 53 heavy (non-hydrogen) atoms. The number of carbonyl (C=O) groups excluding carboxylic acids is 2. The minimum atomic E-state index is -0.527. The maximum atomic E-state index is 12.2. The standard InChI is InChI=1S/C19H17ClN4O2.C12H10Cl2N2.C7H8N2O2/c1-24-12-14(6-8-18(24)25)19(26)23-17-7-5-13(11-22-17)10-21-16-4-2-3-15(20)9-16;13-10-2-1-3-11(6-10)15-7-9-4-5-12(14)16-8-9;1-9-4-5(7(8)11)2-3-6(9)10/h2-9,11-12,21H,10H2,1H3,(H,22,23,26);1-6,8,15H,7H2;2-4H,1H3,(H2,8,11). The number of rotatable bonds is 9. The molecule has 4 heterocycles. The Bertz CT molecular complexity index is 2280. The van der Waals surface area contributed by atoms with Crippen molar-refractivity contribution in [2.45, 2.75) is 13.1 Å². The first-order chi connectivity index (χ1) is 25.4. The number of carbonyl (C=O) groups is 2. The Kier molecular flexibility index (Phi) is 14.7. The summed E-state index contributed by atoms with van der Waals surface area (Å²) in [6.07, 6.45) is 6.33. The predicted molar refractivity (Wildman–Crippen MR) is 211 cm³/mol. The van der Waals surface area contributed by atoms with Gasteiger partial charge in [-0.1, -0.05) is 59.1 Å². The SMILES string of the molecule is Clc1cccc(NCc2ccc(Cl)nc2)c1.Cn1cc(C(=O)Nc2ccc(CNc3cccc(Cl)c3)cn2)ccc1=O.Cn1cc(C(N)=O)ccc1=O. The number of nitrogens with one attached hydrogen (secondary N) is 3. The highest BCUT2D eigenvalue weighted by Gasteiger charge is 2.08. The number of pyridine rings is 4. The molecule has 2 aromatic carbocycles. The summed E-state index contributed by atoms with van der Waals surface area (Å²) in [5, 5.41) is 11.1. The number of aryl methyl sites for hydroxylation is 2. The Morgan fingerprint density at radius 2 is 1.17 bits per heavy atom. The number of nitrogens with two attached hydrogens (primary N) is 1. The molecule has 5 N–H and O–H groups in total. The van der Waals surface area contributed by atoms with E-state index in [1.807, 2.05) is 60.7 Å². The quantitative estimate of drug-likeness (QED) is 0.117. The van der Waals surface area contributed by atoms with E-state index in [4.69, 9.17) is 40.5 Å². The van der Waals surface area contributed by atoms with E-state index in [2.05, 4.69) is 25.9 Å². The zero-order chi connectivity index (χ0) is 38.3. The molecular weight excluding hydrogens is 739 g/mol. The summed E-state index contributed by atoms with van der Waals surface area (Å²) in [5.74, 6) is -0.408. The van der Waals surface area contributed by atoms with Gasteiger partial charge in [-0.25, -0.2) is 9.97 Å². The Hall–Kier alpha value is -5.95. The fourth-order valence-corrected chi connectivity index (χ4v) is 4.87. The molecule has 0 radical (unpaired) electrons. The summed E-state index contributed by atoms with van der Waals surface area (Å²) in [7, 11) is 3.16. The molecule has 0 unspecified atom stereocenters. The minimum Gasteiger partial charge on any atom is -0.381 e. The first-order valence-electron chi connectivity index (χ1n) is 15.8. The number of amides is 2. The summed E-state index contributed by atoms with van der Waals surface area (Å²) in [6.45, 7) is 1.28. The number of hydrogen-bond acceptors (Lipinski definition) is 8. The topological polar surface area (TPSA) is 166 Å². The van der Waals surface area contributed by atoms with Crippen LogP contribution in [0, 0.1) is 0 Å². The zero-order valence-corrected chi connectivity index (χ0v) is 30.9. The van der Waals surface area contributed by atoms with Gasteiger partial charge in [-0.15, -0.1) is 0 Å². The molecule has 6 aromatic rings. The fourth-order valence-electron chi connectivity index (χ4n) is 4.38. The molecule has 0 aliphatic rings. The Morgan fingerprint density at radius 3 is 1.62 bits per heavy atom. The van der Waals surface area contributed by atoms with Gasteiger partial charge in [-0.2, -0.15) is 0 Å². The van der Waals surface area contributed by atoms with Crippen molar-refractivity contribution in [2.75, 3.05) is 16.0 Å². The second-order valence-corrected chi connectivity index (χ2v) is 12.6. The van der Waals surface area contributed by atoms with Gasteiger partial charge in [-0.05, 0) is 71.8 Å². The third-order valence-electron chi connectivity index (χ3n) is 7.22. The number of primary amides is 1. The number of anilines is 3. The van der Waals surface area contributed by atoms with Crippen molar-refractivity contribution in [3.05, 3.63) is 180 Å². The van der Waals surface area contributed by atoms with Gasteiger partial charge < -0.3 is 30.8 Å². The van der Waals surface area contributed by atoms with E-state index in [9.17, 15) is 19.2 Å². The van der Waals surface area contributed by atoms with Crippen LogP contribution in [0.2, 0.25) is 15.2 Å². The second kappa shape index (κ2) is 19.6.